The van der Waals surface area contributed by atoms with Gasteiger partial charge in [-0.05, 0) is 45.2 Å². The summed E-state index contributed by atoms with van der Waals surface area (Å²) in [6.07, 6.45) is 5.35. The van der Waals surface area contributed by atoms with Crippen LogP contribution >= 0.6 is 11.8 Å². The van der Waals surface area contributed by atoms with Gasteiger partial charge in [-0.2, -0.15) is 0 Å². The van der Waals surface area contributed by atoms with E-state index < -0.39 is 5.60 Å². The van der Waals surface area contributed by atoms with Crippen LogP contribution < -0.4 is 4.90 Å². The molecular formula is C16H24N4O2S. The fourth-order valence-electron chi connectivity index (χ4n) is 2.65. The Bertz CT molecular complexity index is 613. The molecule has 0 amide bonds. The highest BCUT2D eigenvalue weighted by molar-refractivity contribution is 7.99. The molecule has 0 saturated carbocycles. The summed E-state index contributed by atoms with van der Waals surface area (Å²) in [7, 11) is 0. The molecule has 0 spiro atoms. The van der Waals surface area contributed by atoms with Crippen molar-refractivity contribution in [3.63, 3.8) is 0 Å². The van der Waals surface area contributed by atoms with Gasteiger partial charge >= 0.3 is 0 Å². The van der Waals surface area contributed by atoms with Gasteiger partial charge in [-0.15, -0.1) is 10.2 Å². The first kappa shape index (κ1) is 16.4. The zero-order valence-corrected chi connectivity index (χ0v) is 14.6. The van der Waals surface area contributed by atoms with Gasteiger partial charge in [0.2, 0.25) is 5.95 Å². The highest BCUT2D eigenvalue weighted by Gasteiger charge is 2.23. The van der Waals surface area contributed by atoms with Crippen molar-refractivity contribution < 1.29 is 9.52 Å². The minimum absolute atomic E-state index is 0.573. The van der Waals surface area contributed by atoms with Crippen LogP contribution in [0.15, 0.2) is 28.0 Å². The summed E-state index contributed by atoms with van der Waals surface area (Å²) in [5.74, 6) is 2.36. The summed E-state index contributed by atoms with van der Waals surface area (Å²) in [6.45, 7) is 6.26. The normalized spacial score (nSPS) is 16.0. The lowest BCUT2D eigenvalue weighted by molar-refractivity contribution is 0.107. The number of rotatable bonds is 6. The highest BCUT2D eigenvalue weighted by Crippen LogP contribution is 2.27. The van der Waals surface area contributed by atoms with E-state index in [1.165, 1.54) is 31.0 Å². The van der Waals surface area contributed by atoms with E-state index >= 15 is 0 Å². The molecule has 3 heterocycles. The van der Waals surface area contributed by atoms with Crippen LogP contribution in [0.25, 0.3) is 0 Å². The van der Waals surface area contributed by atoms with Crippen LogP contribution in [0.1, 0.15) is 38.9 Å². The Hall–Kier alpha value is -1.47. The van der Waals surface area contributed by atoms with Crippen molar-refractivity contribution in [3.05, 3.63) is 24.2 Å². The second kappa shape index (κ2) is 6.97. The van der Waals surface area contributed by atoms with Crippen LogP contribution in [0.2, 0.25) is 0 Å². The van der Waals surface area contributed by atoms with Gasteiger partial charge in [-0.3, -0.25) is 4.57 Å². The average Bonchev–Trinajstić information content (AvgIpc) is 3.16. The predicted molar refractivity (Wildman–Crippen MR) is 90.9 cm³/mol. The van der Waals surface area contributed by atoms with E-state index in [0.717, 1.165) is 30.0 Å². The molecule has 1 saturated heterocycles. The maximum atomic E-state index is 9.97. The zero-order chi connectivity index (χ0) is 16.3. The molecule has 23 heavy (non-hydrogen) atoms. The Morgan fingerprint density at radius 1 is 1.26 bits per heavy atom. The van der Waals surface area contributed by atoms with Crippen LogP contribution in [0.4, 0.5) is 5.95 Å². The molecule has 0 bridgehead atoms. The van der Waals surface area contributed by atoms with E-state index in [9.17, 15) is 5.11 Å². The van der Waals surface area contributed by atoms with Gasteiger partial charge in [-0.25, -0.2) is 0 Å². The second-order valence-electron chi connectivity index (χ2n) is 6.60. The van der Waals surface area contributed by atoms with Gasteiger partial charge in [-0.1, -0.05) is 11.8 Å². The molecule has 3 rings (SSSR count). The monoisotopic (exact) mass is 336 g/mol. The Labute approximate surface area is 140 Å². The molecule has 0 atom stereocenters. The third kappa shape index (κ3) is 4.29. The SMILES string of the molecule is CC(C)(O)CSc1nnc(N2CCCCC2)n1Cc1ccco1. The number of anilines is 1. The number of furan rings is 1. The molecule has 0 aromatic carbocycles. The van der Waals surface area contributed by atoms with Crippen molar-refractivity contribution in [1.82, 2.24) is 14.8 Å². The molecule has 1 aliphatic heterocycles. The average molecular weight is 336 g/mol. The third-order valence-corrected chi connectivity index (χ3v) is 5.20. The molecule has 1 N–H and O–H groups in total. The Morgan fingerprint density at radius 2 is 2.04 bits per heavy atom. The molecule has 0 aliphatic carbocycles. The van der Waals surface area contributed by atoms with E-state index in [0.29, 0.717) is 12.3 Å². The smallest absolute Gasteiger partial charge is 0.228 e. The fraction of sp³-hybridized carbons (Fsp3) is 0.625. The van der Waals surface area contributed by atoms with E-state index in [1.807, 2.05) is 12.1 Å². The number of aliphatic hydroxyl groups is 1. The first-order valence-electron chi connectivity index (χ1n) is 8.09. The van der Waals surface area contributed by atoms with E-state index in [2.05, 4.69) is 19.7 Å². The standard InChI is InChI=1S/C16H24N4O2S/c1-16(2,21)12-23-15-18-17-14(19-8-4-3-5-9-19)20(15)11-13-7-6-10-22-13/h6-7,10,21H,3-5,8-9,11-12H2,1-2H3. The Morgan fingerprint density at radius 3 is 2.70 bits per heavy atom. The lowest BCUT2D eigenvalue weighted by atomic mass is 10.1. The summed E-state index contributed by atoms with van der Waals surface area (Å²) in [4.78, 5) is 2.30. The molecule has 2 aromatic heterocycles. The summed E-state index contributed by atoms with van der Waals surface area (Å²) >= 11 is 1.53. The van der Waals surface area contributed by atoms with Gasteiger partial charge < -0.3 is 14.4 Å². The van der Waals surface area contributed by atoms with Gasteiger partial charge in [0.25, 0.3) is 0 Å². The summed E-state index contributed by atoms with van der Waals surface area (Å²) < 4.78 is 7.59. The minimum atomic E-state index is -0.739. The number of nitrogens with zero attached hydrogens (tertiary/aromatic N) is 4. The first-order chi connectivity index (χ1) is 11.0. The lowest BCUT2D eigenvalue weighted by Gasteiger charge is -2.27. The number of hydrogen-bond donors (Lipinski definition) is 1. The molecular weight excluding hydrogens is 312 g/mol. The van der Waals surface area contributed by atoms with Gasteiger partial charge in [0, 0.05) is 18.8 Å². The van der Waals surface area contributed by atoms with Gasteiger partial charge in [0.15, 0.2) is 5.16 Å². The van der Waals surface area contributed by atoms with Crippen molar-refractivity contribution in [2.24, 2.45) is 0 Å². The van der Waals surface area contributed by atoms with Crippen molar-refractivity contribution in [1.29, 1.82) is 0 Å². The third-order valence-electron chi connectivity index (χ3n) is 3.78. The van der Waals surface area contributed by atoms with E-state index in [4.69, 9.17) is 4.42 Å². The van der Waals surface area contributed by atoms with E-state index in [-0.39, 0.29) is 0 Å². The van der Waals surface area contributed by atoms with Crippen molar-refractivity contribution in [3.8, 4) is 0 Å². The Kier molecular flexibility index (Phi) is 4.96. The quantitative estimate of drug-likeness (QED) is 0.818. The minimum Gasteiger partial charge on any atom is -0.467 e. The predicted octanol–water partition coefficient (Wildman–Crippen LogP) is 2.77. The number of hydrogen-bond acceptors (Lipinski definition) is 6. The number of aromatic nitrogens is 3. The lowest BCUT2D eigenvalue weighted by Crippen LogP contribution is -2.32. The highest BCUT2D eigenvalue weighted by atomic mass is 32.2. The zero-order valence-electron chi connectivity index (χ0n) is 13.7. The van der Waals surface area contributed by atoms with Crippen LogP contribution in [0, 0.1) is 0 Å². The summed E-state index contributed by atoms with van der Waals surface area (Å²) in [6, 6.07) is 3.86. The molecule has 0 unspecified atom stereocenters. The number of thioether (sulfide) groups is 1. The maximum Gasteiger partial charge on any atom is 0.228 e. The maximum absolute atomic E-state index is 9.97. The molecule has 1 aliphatic rings. The molecule has 6 nitrogen and oxygen atoms in total. The topological polar surface area (TPSA) is 67.3 Å². The van der Waals surface area contributed by atoms with Crippen molar-refractivity contribution in [2.75, 3.05) is 23.7 Å². The molecule has 1 fully saturated rings. The van der Waals surface area contributed by atoms with E-state index in [1.54, 1.807) is 20.1 Å². The van der Waals surface area contributed by atoms with Crippen molar-refractivity contribution in [2.45, 2.75) is 50.4 Å². The summed E-state index contributed by atoms with van der Waals surface area (Å²) in [5.41, 5.74) is -0.739. The molecule has 0 radical (unpaired) electrons. The first-order valence-corrected chi connectivity index (χ1v) is 9.07. The molecule has 7 heteroatoms. The van der Waals surface area contributed by atoms with Crippen LogP contribution in [0.5, 0.6) is 0 Å². The van der Waals surface area contributed by atoms with Crippen LogP contribution in [0.3, 0.4) is 0 Å². The van der Waals surface area contributed by atoms with Gasteiger partial charge in [0.1, 0.15) is 5.76 Å². The largest absolute Gasteiger partial charge is 0.467 e. The molecule has 2 aromatic rings. The number of piperidine rings is 1. The summed E-state index contributed by atoms with van der Waals surface area (Å²) in [5, 5.41) is 19.6. The van der Waals surface area contributed by atoms with Crippen LogP contribution in [-0.4, -0.2) is 44.3 Å². The molecule has 126 valence electrons. The Balaban J connectivity index is 1.84. The second-order valence-corrected chi connectivity index (χ2v) is 7.54. The van der Waals surface area contributed by atoms with Gasteiger partial charge in [0.05, 0.1) is 18.4 Å². The van der Waals surface area contributed by atoms with Crippen molar-refractivity contribution >= 4 is 17.7 Å². The fourth-order valence-corrected chi connectivity index (χ4v) is 3.54. The van der Waals surface area contributed by atoms with Crippen LogP contribution in [-0.2, 0) is 6.54 Å².